The largest absolute Gasteiger partial charge is 0.463 e. The minimum atomic E-state index is -1.08. The van der Waals surface area contributed by atoms with Crippen LogP contribution in [0.3, 0.4) is 0 Å². The van der Waals surface area contributed by atoms with Crippen molar-refractivity contribution in [2.24, 2.45) is 0 Å². The number of alkyl carbamates (subject to hydrolysis) is 1. The van der Waals surface area contributed by atoms with Crippen LogP contribution in [-0.4, -0.2) is 114 Å². The van der Waals surface area contributed by atoms with Gasteiger partial charge in [-0.2, -0.15) is 0 Å². The third-order valence-corrected chi connectivity index (χ3v) is 4.76. The fourth-order valence-electron chi connectivity index (χ4n) is 2.84. The lowest BCUT2D eigenvalue weighted by atomic mass is 10.1. The lowest BCUT2D eigenvalue weighted by Crippen LogP contribution is -2.41. The lowest BCUT2D eigenvalue weighted by molar-refractivity contribution is -0.147. The molecule has 7 N–H and O–H groups in total. The van der Waals surface area contributed by atoms with Crippen LogP contribution in [0.1, 0.15) is 46.5 Å². The fourth-order valence-corrected chi connectivity index (χ4v) is 2.84. The zero-order chi connectivity index (χ0) is 26.9. The Balaban J connectivity index is 3.37. The van der Waals surface area contributed by atoms with Gasteiger partial charge in [0.25, 0.3) is 0 Å². The van der Waals surface area contributed by atoms with E-state index in [1.807, 2.05) is 0 Å². The molecule has 0 aliphatic carbocycles. The summed E-state index contributed by atoms with van der Waals surface area (Å²) in [4.78, 5) is 33.3. The van der Waals surface area contributed by atoms with E-state index in [0.29, 0.717) is 32.4 Å². The van der Waals surface area contributed by atoms with Crippen molar-refractivity contribution in [1.29, 1.82) is 0 Å². The Labute approximate surface area is 216 Å². The first kappa shape index (κ1) is 34.2. The smallest absolute Gasteiger partial charge is 0.407 e. The quantitative estimate of drug-likeness (QED) is 0.0483. The average Bonchev–Trinajstić information content (AvgIpc) is 2.83. The Morgan fingerprint density at radius 2 is 1.28 bits per heavy atom. The monoisotopic (exact) mass is 518 g/mol. The van der Waals surface area contributed by atoms with Crippen LogP contribution in [0.5, 0.6) is 0 Å². The standard InChI is InChI=1S/C24H50N6O6/c1-24(2,3)30-17-15-28-13-11-26-9-8-25-10-12-27-14-16-29-23(34)36-20-21(32)19-35-22(33)7-5-4-6-18-31/h18,21,25-28,30,32H,4-17,19-20H2,1-3H3,(H,29,34). The first-order chi connectivity index (χ1) is 17.2. The number of hydrogen-bond acceptors (Lipinski definition) is 11. The Hall–Kier alpha value is -1.83. The van der Waals surface area contributed by atoms with E-state index in [1.165, 1.54) is 0 Å². The second kappa shape index (κ2) is 23.6. The average molecular weight is 519 g/mol. The molecule has 0 rings (SSSR count). The van der Waals surface area contributed by atoms with E-state index < -0.39 is 18.2 Å². The molecule has 0 aromatic heterocycles. The molecule has 0 aromatic rings. The second-order valence-electron chi connectivity index (χ2n) is 9.45. The van der Waals surface area contributed by atoms with E-state index in [1.54, 1.807) is 0 Å². The minimum Gasteiger partial charge on any atom is -0.463 e. The number of aldehydes is 1. The summed E-state index contributed by atoms with van der Waals surface area (Å²) >= 11 is 0. The number of aliphatic hydroxyl groups is 1. The fraction of sp³-hybridized carbons (Fsp3) is 0.875. The first-order valence-corrected chi connectivity index (χ1v) is 13.0. The molecular formula is C24H50N6O6. The minimum absolute atomic E-state index is 0.161. The first-order valence-electron chi connectivity index (χ1n) is 13.0. The molecule has 0 fully saturated rings. The van der Waals surface area contributed by atoms with Crippen LogP contribution < -0.4 is 31.9 Å². The normalized spacial score (nSPS) is 12.2. The molecule has 12 nitrogen and oxygen atoms in total. The van der Waals surface area contributed by atoms with Gasteiger partial charge < -0.3 is 51.3 Å². The van der Waals surface area contributed by atoms with Crippen LogP contribution in [0.2, 0.25) is 0 Å². The van der Waals surface area contributed by atoms with Crippen molar-refractivity contribution in [2.75, 3.05) is 78.7 Å². The van der Waals surface area contributed by atoms with E-state index >= 15 is 0 Å². The van der Waals surface area contributed by atoms with E-state index in [2.05, 4.69) is 52.7 Å². The summed E-state index contributed by atoms with van der Waals surface area (Å²) < 4.78 is 9.80. The number of hydrogen-bond donors (Lipinski definition) is 7. The van der Waals surface area contributed by atoms with Crippen LogP contribution in [0.4, 0.5) is 4.79 Å². The number of aliphatic hydroxyl groups excluding tert-OH is 1. The van der Waals surface area contributed by atoms with Crippen molar-refractivity contribution < 1.29 is 29.0 Å². The molecule has 1 unspecified atom stereocenters. The molecule has 0 aliphatic rings. The molecule has 0 bridgehead atoms. The molecule has 12 heteroatoms. The highest BCUT2D eigenvalue weighted by Gasteiger charge is 2.11. The summed E-state index contributed by atoms with van der Waals surface area (Å²) in [6.45, 7) is 14.2. The van der Waals surface area contributed by atoms with Gasteiger partial charge in [0.2, 0.25) is 0 Å². The van der Waals surface area contributed by atoms with Crippen molar-refractivity contribution in [3.63, 3.8) is 0 Å². The van der Waals surface area contributed by atoms with Gasteiger partial charge in [0.05, 0.1) is 0 Å². The highest BCUT2D eigenvalue weighted by molar-refractivity contribution is 5.69. The van der Waals surface area contributed by atoms with Crippen molar-refractivity contribution in [1.82, 2.24) is 31.9 Å². The van der Waals surface area contributed by atoms with Gasteiger partial charge >= 0.3 is 12.1 Å². The van der Waals surface area contributed by atoms with E-state index in [4.69, 9.17) is 9.47 Å². The Morgan fingerprint density at radius 3 is 1.81 bits per heavy atom. The summed E-state index contributed by atoms with van der Waals surface area (Å²) in [5.41, 5.74) is 0.161. The summed E-state index contributed by atoms with van der Waals surface area (Å²) in [6, 6.07) is 0. The summed E-state index contributed by atoms with van der Waals surface area (Å²) in [6.07, 6.45) is 0.874. The van der Waals surface area contributed by atoms with Crippen molar-refractivity contribution >= 4 is 18.3 Å². The Bertz CT molecular complexity index is 562. The molecule has 0 aliphatic heterocycles. The number of esters is 1. The SMILES string of the molecule is CC(C)(C)NCCNCCNCCNCCNCCNC(=O)OCC(O)COC(=O)CCCCC=O. The van der Waals surface area contributed by atoms with Crippen molar-refractivity contribution in [3.8, 4) is 0 Å². The van der Waals surface area contributed by atoms with Crippen molar-refractivity contribution in [2.45, 2.75) is 58.1 Å². The lowest BCUT2D eigenvalue weighted by Gasteiger charge is -2.20. The van der Waals surface area contributed by atoms with Gasteiger partial charge in [0.15, 0.2) is 0 Å². The predicted octanol–water partition coefficient (Wildman–Crippen LogP) is -0.877. The van der Waals surface area contributed by atoms with Gasteiger partial charge in [-0.05, 0) is 33.6 Å². The van der Waals surface area contributed by atoms with Gasteiger partial charge in [0, 0.05) is 83.8 Å². The molecule has 36 heavy (non-hydrogen) atoms. The molecular weight excluding hydrogens is 468 g/mol. The van der Waals surface area contributed by atoms with Gasteiger partial charge in [-0.25, -0.2) is 4.79 Å². The third kappa shape index (κ3) is 26.8. The van der Waals surface area contributed by atoms with E-state index in [9.17, 15) is 19.5 Å². The predicted molar refractivity (Wildman–Crippen MR) is 140 cm³/mol. The Kier molecular flexibility index (Phi) is 22.4. The van der Waals surface area contributed by atoms with Crippen LogP contribution in [0.15, 0.2) is 0 Å². The second-order valence-corrected chi connectivity index (χ2v) is 9.45. The molecule has 0 saturated heterocycles. The highest BCUT2D eigenvalue weighted by atomic mass is 16.6. The topological polar surface area (TPSA) is 162 Å². The molecule has 0 aromatic carbocycles. The summed E-state index contributed by atoms with van der Waals surface area (Å²) in [5, 5.41) is 29.1. The van der Waals surface area contributed by atoms with Gasteiger partial charge in [-0.15, -0.1) is 0 Å². The maximum Gasteiger partial charge on any atom is 0.407 e. The van der Waals surface area contributed by atoms with E-state index in [0.717, 1.165) is 58.6 Å². The van der Waals surface area contributed by atoms with Gasteiger partial charge in [-0.1, -0.05) is 0 Å². The van der Waals surface area contributed by atoms with E-state index in [-0.39, 0.29) is 25.2 Å². The van der Waals surface area contributed by atoms with Gasteiger partial charge in [-0.3, -0.25) is 4.79 Å². The molecule has 1 atom stereocenters. The van der Waals surface area contributed by atoms with Crippen LogP contribution in [-0.2, 0) is 19.1 Å². The van der Waals surface area contributed by atoms with Crippen LogP contribution in [0, 0.1) is 0 Å². The zero-order valence-corrected chi connectivity index (χ0v) is 22.5. The molecule has 1 amide bonds. The highest BCUT2D eigenvalue weighted by Crippen LogP contribution is 2.00. The zero-order valence-electron chi connectivity index (χ0n) is 22.5. The maximum absolute atomic E-state index is 11.6. The number of carbonyl (C=O) groups excluding carboxylic acids is 3. The molecule has 0 radical (unpaired) electrons. The van der Waals surface area contributed by atoms with Crippen molar-refractivity contribution in [3.05, 3.63) is 0 Å². The molecule has 212 valence electrons. The molecule has 0 heterocycles. The van der Waals surface area contributed by atoms with Gasteiger partial charge in [0.1, 0.15) is 25.6 Å². The molecule has 0 spiro atoms. The molecule has 0 saturated carbocycles. The maximum atomic E-state index is 11.6. The number of unbranched alkanes of at least 4 members (excludes halogenated alkanes) is 2. The Morgan fingerprint density at radius 1 is 0.778 bits per heavy atom. The van der Waals surface area contributed by atoms with Crippen LogP contribution >= 0.6 is 0 Å². The third-order valence-electron chi connectivity index (χ3n) is 4.76. The van der Waals surface area contributed by atoms with Crippen LogP contribution in [0.25, 0.3) is 0 Å². The number of ether oxygens (including phenoxy) is 2. The number of carbonyl (C=O) groups is 3. The number of nitrogens with one attached hydrogen (secondary N) is 6. The summed E-state index contributed by atoms with van der Waals surface area (Å²) in [5.74, 6) is -0.450. The number of rotatable bonds is 24. The number of amides is 1. The summed E-state index contributed by atoms with van der Waals surface area (Å²) in [7, 11) is 0.